The summed E-state index contributed by atoms with van der Waals surface area (Å²) in [5.41, 5.74) is 2.88. The van der Waals surface area contributed by atoms with E-state index in [1.807, 2.05) is 48.5 Å². The van der Waals surface area contributed by atoms with E-state index in [-0.39, 0.29) is 42.4 Å². The molecule has 41 heavy (non-hydrogen) atoms. The quantitative estimate of drug-likeness (QED) is 0.442. The van der Waals surface area contributed by atoms with Gasteiger partial charge in [-0.2, -0.15) is 0 Å². The fraction of sp³-hybridized carbons (Fsp3) is 0.484. The number of nitrogens with zero attached hydrogens (tertiary/aromatic N) is 3. The minimum absolute atomic E-state index is 0.0459. The van der Waals surface area contributed by atoms with E-state index in [1.165, 1.54) is 4.57 Å². The predicted molar refractivity (Wildman–Crippen MR) is 151 cm³/mol. The fourth-order valence-electron chi connectivity index (χ4n) is 6.47. The van der Waals surface area contributed by atoms with E-state index in [0.29, 0.717) is 31.4 Å². The van der Waals surface area contributed by atoms with Crippen LogP contribution in [0.4, 0.5) is 4.79 Å². The van der Waals surface area contributed by atoms with Crippen LogP contribution in [0, 0.1) is 0 Å². The van der Waals surface area contributed by atoms with Crippen LogP contribution in [0.15, 0.2) is 53.3 Å². The van der Waals surface area contributed by atoms with Gasteiger partial charge in [-0.3, -0.25) is 24.0 Å². The molecular formula is C31H36N4O6. The molecule has 1 unspecified atom stereocenters. The number of amides is 3. The number of benzene rings is 2. The zero-order chi connectivity index (χ0) is 28.6. The second-order valence-electron chi connectivity index (χ2n) is 11.5. The Labute approximate surface area is 238 Å². The third-order valence-corrected chi connectivity index (χ3v) is 8.81. The smallest absolute Gasteiger partial charge is 0.410 e. The molecule has 1 atom stereocenters. The normalized spacial score (nSPS) is 21.0. The number of hydrogen-bond acceptors (Lipinski definition) is 6. The van der Waals surface area contributed by atoms with Gasteiger partial charge in [0, 0.05) is 33.0 Å². The van der Waals surface area contributed by atoms with Crippen LogP contribution in [-0.4, -0.2) is 56.7 Å². The Morgan fingerprint density at radius 1 is 1.00 bits per heavy atom. The molecular weight excluding hydrogens is 524 g/mol. The second-order valence-corrected chi connectivity index (χ2v) is 11.5. The molecule has 2 aliphatic heterocycles. The molecule has 10 heteroatoms. The number of hydrogen-bond donors (Lipinski definition) is 1. The van der Waals surface area contributed by atoms with Crippen LogP contribution >= 0.6 is 0 Å². The molecule has 2 aromatic carbocycles. The summed E-state index contributed by atoms with van der Waals surface area (Å²) in [5.74, 6) is -0.741. The van der Waals surface area contributed by atoms with Crippen molar-refractivity contribution >= 4 is 28.9 Å². The molecule has 0 radical (unpaired) electrons. The van der Waals surface area contributed by atoms with Crippen LogP contribution in [0.5, 0.6) is 0 Å². The standard InChI is InChI=1S/C31H36N4O6/c1-33-27-22(9-5-10-24(27)35(29(33)38)25-11-12-26(36)32-28(25)37)19-31(15-6-16-31)41-23-13-17-34(18-14-23)30(39)40-20-21-7-3-2-4-8-21/h2-5,7-10,23,25H,6,11-20H2,1H3,(H,32,36,37). The molecule has 1 aromatic heterocycles. The molecule has 1 N–H and O–H groups in total. The lowest BCUT2D eigenvalue weighted by atomic mass is 9.75. The lowest BCUT2D eigenvalue weighted by Crippen LogP contribution is -2.49. The number of carbonyl (C=O) groups is 3. The summed E-state index contributed by atoms with van der Waals surface area (Å²) < 4.78 is 15.4. The zero-order valence-corrected chi connectivity index (χ0v) is 23.3. The Balaban J connectivity index is 1.13. The largest absolute Gasteiger partial charge is 0.445 e. The van der Waals surface area contributed by atoms with E-state index in [0.717, 1.165) is 48.7 Å². The Hall–Kier alpha value is -3.92. The maximum Gasteiger partial charge on any atom is 0.410 e. The van der Waals surface area contributed by atoms with Crippen LogP contribution in [0.25, 0.3) is 11.0 Å². The highest BCUT2D eigenvalue weighted by Crippen LogP contribution is 2.42. The number of carbonyl (C=O) groups excluding carboxylic acids is 3. The number of fused-ring (bicyclic) bond motifs is 1. The van der Waals surface area contributed by atoms with Crippen molar-refractivity contribution in [2.75, 3.05) is 13.1 Å². The molecule has 2 saturated heterocycles. The molecule has 0 spiro atoms. The molecule has 1 aliphatic carbocycles. The number of piperidine rings is 2. The number of nitrogens with one attached hydrogen (secondary N) is 1. The van der Waals surface area contributed by atoms with Crippen molar-refractivity contribution in [3.63, 3.8) is 0 Å². The number of rotatable bonds is 7. The minimum Gasteiger partial charge on any atom is -0.445 e. The molecule has 3 amide bonds. The summed E-state index contributed by atoms with van der Waals surface area (Å²) in [5, 5.41) is 2.37. The maximum atomic E-state index is 13.3. The van der Waals surface area contributed by atoms with Gasteiger partial charge >= 0.3 is 11.8 Å². The van der Waals surface area contributed by atoms with E-state index >= 15 is 0 Å². The molecule has 1 saturated carbocycles. The monoisotopic (exact) mass is 560 g/mol. The Bertz CT molecular complexity index is 1510. The highest BCUT2D eigenvalue weighted by molar-refractivity contribution is 6.00. The fourth-order valence-corrected chi connectivity index (χ4v) is 6.47. The number of imide groups is 1. The Kier molecular flexibility index (Phi) is 7.42. The van der Waals surface area contributed by atoms with Gasteiger partial charge in [-0.05, 0) is 55.7 Å². The van der Waals surface area contributed by atoms with Crippen LogP contribution in [0.3, 0.4) is 0 Å². The highest BCUT2D eigenvalue weighted by Gasteiger charge is 2.42. The van der Waals surface area contributed by atoms with Gasteiger partial charge in [0.25, 0.3) is 0 Å². The molecule has 3 heterocycles. The van der Waals surface area contributed by atoms with Gasteiger partial charge in [0.1, 0.15) is 12.6 Å². The van der Waals surface area contributed by atoms with Crippen molar-refractivity contribution in [2.45, 2.75) is 75.7 Å². The first-order valence-electron chi connectivity index (χ1n) is 14.5. The van der Waals surface area contributed by atoms with Gasteiger partial charge in [-0.25, -0.2) is 9.59 Å². The summed E-state index contributed by atoms with van der Waals surface area (Å²) in [4.78, 5) is 52.0. The van der Waals surface area contributed by atoms with E-state index in [1.54, 1.807) is 16.5 Å². The number of imidazole rings is 1. The highest BCUT2D eigenvalue weighted by atomic mass is 16.6. The maximum absolute atomic E-state index is 13.3. The average Bonchev–Trinajstić information content (AvgIpc) is 3.21. The summed E-state index contributed by atoms with van der Waals surface area (Å²) in [7, 11) is 1.73. The average molecular weight is 561 g/mol. The Morgan fingerprint density at radius 2 is 1.76 bits per heavy atom. The Morgan fingerprint density at radius 3 is 2.44 bits per heavy atom. The molecule has 3 aromatic rings. The van der Waals surface area contributed by atoms with Gasteiger partial charge < -0.3 is 14.4 Å². The van der Waals surface area contributed by atoms with Crippen molar-refractivity contribution in [1.29, 1.82) is 0 Å². The van der Waals surface area contributed by atoms with Gasteiger partial charge in [-0.15, -0.1) is 0 Å². The molecule has 3 aliphatic rings. The topological polar surface area (TPSA) is 112 Å². The van der Waals surface area contributed by atoms with Gasteiger partial charge in [0.15, 0.2) is 0 Å². The first-order valence-corrected chi connectivity index (χ1v) is 14.5. The summed E-state index contributed by atoms with van der Waals surface area (Å²) in [6.07, 6.45) is 5.37. The van der Waals surface area contributed by atoms with E-state index in [9.17, 15) is 19.2 Å². The number of ether oxygens (including phenoxy) is 2. The van der Waals surface area contributed by atoms with Crippen LogP contribution in [0.1, 0.15) is 62.1 Å². The van der Waals surface area contributed by atoms with E-state index in [4.69, 9.17) is 9.47 Å². The molecule has 216 valence electrons. The summed E-state index contributed by atoms with van der Waals surface area (Å²) in [6.45, 7) is 1.44. The van der Waals surface area contributed by atoms with Gasteiger partial charge in [0.05, 0.1) is 22.7 Å². The minimum atomic E-state index is -0.711. The number of aryl methyl sites for hydroxylation is 1. The molecule has 10 nitrogen and oxygen atoms in total. The third kappa shape index (κ3) is 5.40. The van der Waals surface area contributed by atoms with Crippen LogP contribution < -0.4 is 11.0 Å². The van der Waals surface area contributed by atoms with Crippen LogP contribution in [0.2, 0.25) is 0 Å². The summed E-state index contributed by atoms with van der Waals surface area (Å²) >= 11 is 0. The van der Waals surface area contributed by atoms with E-state index < -0.39 is 11.9 Å². The number of aromatic nitrogens is 2. The SMILES string of the molecule is Cn1c(=O)n(C2CCC(=O)NC2=O)c2cccc(CC3(OC4CCN(C(=O)OCc5ccccc5)CC4)CCC3)c21. The molecule has 6 rings (SSSR count). The number of para-hydroxylation sites is 1. The van der Waals surface area contributed by atoms with Gasteiger partial charge in [-0.1, -0.05) is 42.5 Å². The van der Waals surface area contributed by atoms with Crippen LogP contribution in [-0.2, 0) is 39.1 Å². The first kappa shape index (κ1) is 27.3. The lowest BCUT2D eigenvalue weighted by molar-refractivity contribution is -0.150. The van der Waals surface area contributed by atoms with Crippen molar-refractivity contribution in [3.8, 4) is 0 Å². The summed E-state index contributed by atoms with van der Waals surface area (Å²) in [6, 6.07) is 14.8. The molecule has 3 fully saturated rings. The van der Waals surface area contributed by atoms with Crippen molar-refractivity contribution in [3.05, 3.63) is 70.1 Å². The van der Waals surface area contributed by atoms with Crippen molar-refractivity contribution < 1.29 is 23.9 Å². The second kappa shape index (κ2) is 11.2. The van der Waals surface area contributed by atoms with Crippen molar-refractivity contribution in [2.24, 2.45) is 7.05 Å². The molecule has 0 bridgehead atoms. The third-order valence-electron chi connectivity index (χ3n) is 8.81. The zero-order valence-electron chi connectivity index (χ0n) is 23.3. The first-order chi connectivity index (χ1) is 19.8. The van der Waals surface area contributed by atoms with Gasteiger partial charge in [0.2, 0.25) is 11.8 Å². The lowest BCUT2D eigenvalue weighted by Gasteiger charge is -2.46. The predicted octanol–water partition coefficient (Wildman–Crippen LogP) is 3.60. The van der Waals surface area contributed by atoms with E-state index in [2.05, 4.69) is 5.32 Å². The van der Waals surface area contributed by atoms with Crippen molar-refractivity contribution in [1.82, 2.24) is 19.4 Å². The number of likely N-dealkylation sites (tertiary alicyclic amines) is 1.